The Morgan fingerprint density at radius 1 is 1.59 bits per heavy atom. The van der Waals surface area contributed by atoms with Gasteiger partial charge < -0.3 is 20.4 Å². The average Bonchev–Trinajstić information content (AvgIpc) is 3.11. The van der Waals surface area contributed by atoms with E-state index in [0.717, 1.165) is 36.3 Å². The molecule has 1 aromatic heterocycles. The molecule has 0 radical (unpaired) electrons. The van der Waals surface area contributed by atoms with Gasteiger partial charge in [0.2, 0.25) is 0 Å². The Morgan fingerprint density at radius 3 is 3.23 bits per heavy atom. The van der Waals surface area contributed by atoms with Gasteiger partial charge in [-0.2, -0.15) is 0 Å². The van der Waals surface area contributed by atoms with E-state index in [4.69, 9.17) is 22.1 Å². The van der Waals surface area contributed by atoms with Gasteiger partial charge in [0.1, 0.15) is 12.4 Å². The molecule has 22 heavy (non-hydrogen) atoms. The maximum absolute atomic E-state index is 5.99. The molecule has 3 N–H and O–H groups in total. The molecule has 3 rings (SSSR count). The van der Waals surface area contributed by atoms with Gasteiger partial charge in [0.25, 0.3) is 0 Å². The minimum Gasteiger partial charge on any atom is -0.376 e. The fraction of sp³-hybridized carbons (Fsp3) is 0.467. The van der Waals surface area contributed by atoms with Crippen LogP contribution in [-0.4, -0.2) is 34.8 Å². The van der Waals surface area contributed by atoms with Crippen molar-refractivity contribution in [3.63, 3.8) is 0 Å². The lowest BCUT2D eigenvalue weighted by molar-refractivity contribution is 0.114. The Hall–Kier alpha value is -1.79. The Kier molecular flexibility index (Phi) is 4.49. The molecule has 0 aliphatic carbocycles. The first-order valence-electron chi connectivity index (χ1n) is 7.40. The lowest BCUT2D eigenvalue weighted by Gasteiger charge is -2.11. The van der Waals surface area contributed by atoms with Crippen LogP contribution in [0.1, 0.15) is 18.7 Å². The molecule has 1 fully saturated rings. The van der Waals surface area contributed by atoms with Crippen molar-refractivity contribution in [2.24, 2.45) is 17.8 Å². The van der Waals surface area contributed by atoms with Crippen molar-refractivity contribution in [2.45, 2.75) is 25.5 Å². The van der Waals surface area contributed by atoms with Crippen molar-refractivity contribution >= 4 is 28.6 Å². The van der Waals surface area contributed by atoms with Gasteiger partial charge in [-0.05, 0) is 31.0 Å². The van der Waals surface area contributed by atoms with Crippen LogP contribution in [0.4, 0.5) is 0 Å². The molecule has 2 heterocycles. The van der Waals surface area contributed by atoms with Crippen LogP contribution < -0.4 is 11.1 Å². The zero-order valence-corrected chi connectivity index (χ0v) is 13.3. The molecule has 1 atom stereocenters. The van der Waals surface area contributed by atoms with E-state index in [1.54, 1.807) is 0 Å². The van der Waals surface area contributed by atoms with Crippen molar-refractivity contribution in [3.8, 4) is 0 Å². The summed E-state index contributed by atoms with van der Waals surface area (Å²) in [4.78, 5) is 8.89. The summed E-state index contributed by atoms with van der Waals surface area (Å²) in [6.45, 7) is 1.96. The predicted octanol–water partition coefficient (Wildman–Crippen LogP) is 1.81. The van der Waals surface area contributed by atoms with Crippen LogP contribution in [0.5, 0.6) is 0 Å². The third-order valence-corrected chi connectivity index (χ3v) is 4.10. The highest BCUT2D eigenvalue weighted by Gasteiger charge is 2.15. The van der Waals surface area contributed by atoms with E-state index in [1.165, 1.54) is 0 Å². The Bertz CT molecular complexity index is 691. The fourth-order valence-electron chi connectivity index (χ4n) is 2.60. The smallest absolute Gasteiger partial charge is 0.189 e. The third-order valence-electron chi connectivity index (χ3n) is 3.86. The van der Waals surface area contributed by atoms with Gasteiger partial charge in [0.15, 0.2) is 5.96 Å². The van der Waals surface area contributed by atoms with Crippen LogP contribution in [-0.2, 0) is 18.3 Å². The Labute approximate surface area is 134 Å². The topological polar surface area (TPSA) is 77.5 Å². The number of benzene rings is 1. The maximum Gasteiger partial charge on any atom is 0.189 e. The number of ether oxygens (including phenoxy) is 1. The van der Waals surface area contributed by atoms with E-state index < -0.39 is 0 Å². The van der Waals surface area contributed by atoms with E-state index in [2.05, 4.69) is 15.3 Å². The van der Waals surface area contributed by atoms with Gasteiger partial charge >= 0.3 is 0 Å². The Morgan fingerprint density at radius 2 is 2.45 bits per heavy atom. The van der Waals surface area contributed by atoms with Gasteiger partial charge in [-0.25, -0.2) is 9.98 Å². The van der Waals surface area contributed by atoms with Crippen LogP contribution in [0, 0.1) is 0 Å². The number of hydrogen-bond acceptors (Lipinski definition) is 3. The third kappa shape index (κ3) is 3.34. The monoisotopic (exact) mass is 321 g/mol. The van der Waals surface area contributed by atoms with Gasteiger partial charge in [-0.1, -0.05) is 11.6 Å². The molecule has 1 unspecified atom stereocenters. The molecular formula is C15H20ClN5O. The lowest BCUT2D eigenvalue weighted by Crippen LogP contribution is -2.37. The summed E-state index contributed by atoms with van der Waals surface area (Å²) in [5.41, 5.74) is 7.79. The number of nitrogens with zero attached hydrogens (tertiary/aromatic N) is 3. The van der Waals surface area contributed by atoms with Gasteiger partial charge in [-0.15, -0.1) is 0 Å². The first-order chi connectivity index (χ1) is 10.6. The van der Waals surface area contributed by atoms with Crippen LogP contribution in [0.2, 0.25) is 5.02 Å². The van der Waals surface area contributed by atoms with Crippen molar-refractivity contribution in [1.82, 2.24) is 14.9 Å². The molecule has 2 aromatic rings. The first kappa shape index (κ1) is 15.1. The molecule has 0 bridgehead atoms. The van der Waals surface area contributed by atoms with Gasteiger partial charge in [0.05, 0.1) is 17.1 Å². The summed E-state index contributed by atoms with van der Waals surface area (Å²) in [6.07, 6.45) is 2.43. The van der Waals surface area contributed by atoms with Crippen LogP contribution in [0.15, 0.2) is 23.2 Å². The summed E-state index contributed by atoms with van der Waals surface area (Å²) in [7, 11) is 1.96. The predicted molar refractivity (Wildman–Crippen MR) is 88.0 cm³/mol. The number of aryl methyl sites for hydroxylation is 1. The van der Waals surface area contributed by atoms with Crippen LogP contribution in [0.3, 0.4) is 0 Å². The summed E-state index contributed by atoms with van der Waals surface area (Å²) >= 11 is 5.99. The molecule has 0 saturated carbocycles. The number of imidazole rings is 1. The summed E-state index contributed by atoms with van der Waals surface area (Å²) in [5.74, 6) is 1.26. The maximum atomic E-state index is 5.99. The molecule has 0 amide bonds. The van der Waals surface area contributed by atoms with Crippen molar-refractivity contribution in [1.29, 1.82) is 0 Å². The van der Waals surface area contributed by atoms with Crippen molar-refractivity contribution in [2.75, 3.05) is 13.2 Å². The van der Waals surface area contributed by atoms with E-state index in [0.29, 0.717) is 24.1 Å². The van der Waals surface area contributed by atoms with Crippen LogP contribution >= 0.6 is 11.6 Å². The number of nitrogens with one attached hydrogen (secondary N) is 1. The van der Waals surface area contributed by atoms with E-state index in [-0.39, 0.29) is 6.10 Å². The lowest BCUT2D eigenvalue weighted by atomic mass is 10.2. The normalized spacial score (nSPS) is 19.0. The minimum absolute atomic E-state index is 0.242. The summed E-state index contributed by atoms with van der Waals surface area (Å²) in [5, 5.41) is 3.78. The number of nitrogens with two attached hydrogens (primary N) is 1. The SMILES string of the molecule is Cn1c(CN=C(N)NCC2CCCO2)nc2cc(Cl)ccc21. The van der Waals surface area contributed by atoms with E-state index >= 15 is 0 Å². The first-order valence-corrected chi connectivity index (χ1v) is 7.77. The molecule has 6 nitrogen and oxygen atoms in total. The van der Waals surface area contributed by atoms with Crippen molar-refractivity contribution < 1.29 is 4.74 Å². The Balaban J connectivity index is 1.64. The second-order valence-electron chi connectivity index (χ2n) is 5.44. The molecule has 1 aliphatic heterocycles. The highest BCUT2D eigenvalue weighted by Crippen LogP contribution is 2.19. The molecule has 118 valence electrons. The number of guanidine groups is 1. The molecule has 1 aliphatic rings. The zero-order chi connectivity index (χ0) is 15.5. The van der Waals surface area contributed by atoms with E-state index in [9.17, 15) is 0 Å². The zero-order valence-electron chi connectivity index (χ0n) is 12.6. The number of halogens is 1. The standard InChI is InChI=1S/C15H20ClN5O/c1-21-13-5-4-10(16)7-12(13)20-14(21)9-19-15(17)18-8-11-3-2-6-22-11/h4-5,7,11H,2-3,6,8-9H2,1H3,(H3,17,18,19). The number of aromatic nitrogens is 2. The van der Waals surface area contributed by atoms with Gasteiger partial charge in [-0.3, -0.25) is 0 Å². The van der Waals surface area contributed by atoms with E-state index in [1.807, 2.05) is 29.8 Å². The number of hydrogen-bond donors (Lipinski definition) is 2. The average molecular weight is 322 g/mol. The van der Waals surface area contributed by atoms with Crippen molar-refractivity contribution in [3.05, 3.63) is 29.0 Å². The number of rotatable bonds is 4. The highest BCUT2D eigenvalue weighted by atomic mass is 35.5. The number of aliphatic imine (C=N–C) groups is 1. The molecule has 0 spiro atoms. The minimum atomic E-state index is 0.242. The number of fused-ring (bicyclic) bond motifs is 1. The molecule has 1 saturated heterocycles. The van der Waals surface area contributed by atoms with Crippen LogP contribution in [0.25, 0.3) is 11.0 Å². The summed E-state index contributed by atoms with van der Waals surface area (Å²) in [6, 6.07) is 5.66. The second kappa shape index (κ2) is 6.54. The largest absolute Gasteiger partial charge is 0.376 e. The molecule has 7 heteroatoms. The summed E-state index contributed by atoms with van der Waals surface area (Å²) < 4.78 is 7.54. The molecule has 1 aromatic carbocycles. The van der Waals surface area contributed by atoms with Gasteiger partial charge in [0, 0.05) is 25.2 Å². The second-order valence-corrected chi connectivity index (χ2v) is 5.87. The molecular weight excluding hydrogens is 302 g/mol. The fourth-order valence-corrected chi connectivity index (χ4v) is 2.77. The highest BCUT2D eigenvalue weighted by molar-refractivity contribution is 6.31. The quantitative estimate of drug-likeness (QED) is 0.665.